The van der Waals surface area contributed by atoms with Gasteiger partial charge in [0, 0.05) is 19.3 Å². The lowest BCUT2D eigenvalue weighted by Gasteiger charge is -2.18. The molecule has 1 aromatic rings. The zero-order chi connectivity index (χ0) is 21.0. The molecule has 0 radical (unpaired) electrons. The summed E-state index contributed by atoms with van der Waals surface area (Å²) in [5.41, 5.74) is -1.98. The van der Waals surface area contributed by atoms with E-state index in [-0.39, 0.29) is 0 Å². The monoisotopic (exact) mass is 386 g/mol. The summed E-state index contributed by atoms with van der Waals surface area (Å²) >= 11 is 0. The van der Waals surface area contributed by atoms with E-state index in [0.717, 1.165) is 38.2 Å². The summed E-state index contributed by atoms with van der Waals surface area (Å²) in [6.07, 6.45) is 0.568. The Morgan fingerprint density at radius 2 is 1.63 bits per heavy atom. The van der Waals surface area contributed by atoms with Crippen molar-refractivity contribution in [2.24, 2.45) is 0 Å². The number of hydrogen-bond acceptors (Lipinski definition) is 6. The first-order valence-electron chi connectivity index (χ1n) is 8.31. The van der Waals surface area contributed by atoms with Crippen molar-refractivity contribution in [1.29, 1.82) is 0 Å². The zero-order valence-corrected chi connectivity index (χ0v) is 15.4. The van der Waals surface area contributed by atoms with E-state index in [1.165, 1.54) is 0 Å². The minimum Gasteiger partial charge on any atom is -0.481 e. The number of aldehydes is 1. The standard InChI is InChI=1S/C11H18N2O.C6H8O7/c1-3-12(4-2)8-9-13-7-5-6-11(13)10-14;7-3(8)1-6(13,5(11)12)2-4(9)10/h5-7,10H,3-4,8-9H2,1-2H3;13H,1-2H2,(H,7,8)(H,9,10)(H,11,12). The molecular formula is C17H26N2O8. The molecule has 0 amide bonds. The van der Waals surface area contributed by atoms with Gasteiger partial charge in [0.15, 0.2) is 11.9 Å². The van der Waals surface area contributed by atoms with Crippen molar-refractivity contribution in [3.05, 3.63) is 24.0 Å². The van der Waals surface area contributed by atoms with Gasteiger partial charge in [0.25, 0.3) is 0 Å². The van der Waals surface area contributed by atoms with Gasteiger partial charge in [0.2, 0.25) is 0 Å². The number of rotatable bonds is 11. The third kappa shape index (κ3) is 8.97. The quantitative estimate of drug-likeness (QED) is 0.395. The molecule has 0 atom stereocenters. The first-order chi connectivity index (χ1) is 12.6. The Kier molecular flexibility index (Phi) is 10.6. The molecule has 4 N–H and O–H groups in total. The van der Waals surface area contributed by atoms with E-state index in [4.69, 9.17) is 20.4 Å². The second kappa shape index (κ2) is 11.8. The molecule has 1 rings (SSSR count). The number of aromatic nitrogens is 1. The Morgan fingerprint density at radius 3 is 2.00 bits per heavy atom. The van der Waals surface area contributed by atoms with Crippen LogP contribution in [-0.4, -0.2) is 79.3 Å². The van der Waals surface area contributed by atoms with E-state index in [1.54, 1.807) is 0 Å². The van der Waals surface area contributed by atoms with Crippen molar-refractivity contribution in [2.75, 3.05) is 19.6 Å². The third-order valence-corrected chi connectivity index (χ3v) is 3.82. The van der Waals surface area contributed by atoms with Gasteiger partial charge >= 0.3 is 17.9 Å². The molecule has 0 spiro atoms. The van der Waals surface area contributed by atoms with E-state index >= 15 is 0 Å². The number of aliphatic carboxylic acids is 3. The topological polar surface area (TPSA) is 157 Å². The lowest BCUT2D eigenvalue weighted by Crippen LogP contribution is -2.42. The minimum absolute atomic E-state index is 0.761. The van der Waals surface area contributed by atoms with Crippen LogP contribution in [-0.2, 0) is 20.9 Å². The van der Waals surface area contributed by atoms with E-state index in [9.17, 15) is 19.2 Å². The second-order valence-electron chi connectivity index (χ2n) is 5.75. The highest BCUT2D eigenvalue weighted by Gasteiger charge is 2.40. The fraction of sp³-hybridized carbons (Fsp3) is 0.529. The molecule has 27 heavy (non-hydrogen) atoms. The molecule has 0 aliphatic rings. The molecule has 0 fully saturated rings. The Bertz CT molecular complexity index is 621. The van der Waals surface area contributed by atoms with Gasteiger partial charge in [-0.2, -0.15) is 0 Å². The summed E-state index contributed by atoms with van der Waals surface area (Å²) < 4.78 is 1.99. The number of nitrogens with zero attached hydrogens (tertiary/aromatic N) is 2. The zero-order valence-electron chi connectivity index (χ0n) is 15.4. The maximum atomic E-state index is 10.6. The van der Waals surface area contributed by atoms with E-state index in [0.29, 0.717) is 0 Å². The van der Waals surface area contributed by atoms with Crippen molar-refractivity contribution in [3.63, 3.8) is 0 Å². The molecule has 10 heteroatoms. The molecule has 1 heterocycles. The molecule has 10 nitrogen and oxygen atoms in total. The molecule has 0 aromatic carbocycles. The largest absolute Gasteiger partial charge is 0.481 e. The smallest absolute Gasteiger partial charge is 0.336 e. The number of aliphatic hydroxyl groups is 1. The molecule has 0 aliphatic carbocycles. The van der Waals surface area contributed by atoms with Gasteiger partial charge in [0.05, 0.1) is 18.5 Å². The van der Waals surface area contributed by atoms with Crippen molar-refractivity contribution in [3.8, 4) is 0 Å². The highest BCUT2D eigenvalue weighted by Crippen LogP contribution is 2.15. The average Bonchev–Trinajstić information content (AvgIpc) is 3.02. The summed E-state index contributed by atoms with van der Waals surface area (Å²) in [5.74, 6) is -5.02. The minimum atomic E-state index is -2.74. The van der Waals surface area contributed by atoms with Crippen molar-refractivity contribution in [1.82, 2.24) is 9.47 Å². The molecule has 0 saturated carbocycles. The maximum Gasteiger partial charge on any atom is 0.336 e. The van der Waals surface area contributed by atoms with Crippen LogP contribution in [0.4, 0.5) is 0 Å². The number of hydrogen-bond donors (Lipinski definition) is 4. The van der Waals surface area contributed by atoms with Crippen LogP contribution >= 0.6 is 0 Å². The van der Waals surface area contributed by atoms with Crippen molar-refractivity contribution in [2.45, 2.75) is 38.8 Å². The van der Waals surface area contributed by atoms with Gasteiger partial charge in [0.1, 0.15) is 0 Å². The highest BCUT2D eigenvalue weighted by molar-refractivity contribution is 5.88. The average molecular weight is 386 g/mol. The first kappa shape index (κ1) is 24.3. The number of likely N-dealkylation sites (N-methyl/N-ethyl adjacent to an activating group) is 1. The van der Waals surface area contributed by atoms with Gasteiger partial charge in [-0.05, 0) is 25.2 Å². The van der Waals surface area contributed by atoms with Crippen molar-refractivity contribution >= 4 is 24.2 Å². The molecule has 0 saturated heterocycles. The van der Waals surface area contributed by atoms with Gasteiger partial charge in [-0.25, -0.2) is 4.79 Å². The van der Waals surface area contributed by atoms with Crippen LogP contribution in [0.3, 0.4) is 0 Å². The van der Waals surface area contributed by atoms with E-state index in [2.05, 4.69) is 18.7 Å². The highest BCUT2D eigenvalue weighted by atomic mass is 16.4. The fourth-order valence-electron chi connectivity index (χ4n) is 2.24. The summed E-state index contributed by atoms with van der Waals surface area (Å²) in [4.78, 5) is 43.5. The van der Waals surface area contributed by atoms with Crippen LogP contribution in [0.1, 0.15) is 37.2 Å². The Morgan fingerprint density at radius 1 is 1.11 bits per heavy atom. The Balaban J connectivity index is 0.000000503. The van der Waals surface area contributed by atoms with Crippen molar-refractivity contribution < 1.29 is 39.6 Å². The van der Waals surface area contributed by atoms with Gasteiger partial charge in [-0.15, -0.1) is 0 Å². The first-order valence-corrected chi connectivity index (χ1v) is 8.31. The number of carbonyl (C=O) groups is 4. The van der Waals surface area contributed by atoms with Crippen LogP contribution in [0.5, 0.6) is 0 Å². The number of carboxylic acid groups (broad SMARTS) is 3. The van der Waals surface area contributed by atoms with Crippen LogP contribution in [0.25, 0.3) is 0 Å². The summed E-state index contributed by atoms with van der Waals surface area (Å²) in [6, 6.07) is 3.75. The molecular weight excluding hydrogens is 360 g/mol. The van der Waals surface area contributed by atoms with E-state index < -0.39 is 36.4 Å². The molecule has 0 aliphatic heterocycles. The Hall–Kier alpha value is -2.72. The SMILES string of the molecule is CCN(CC)CCn1cccc1C=O.O=C(O)CC(O)(CC(=O)O)C(=O)O. The molecule has 1 aromatic heterocycles. The van der Waals surface area contributed by atoms with Crippen LogP contribution < -0.4 is 0 Å². The molecule has 0 bridgehead atoms. The van der Waals surface area contributed by atoms with E-state index in [1.807, 2.05) is 22.9 Å². The summed E-state index contributed by atoms with van der Waals surface area (Å²) in [6.45, 7) is 8.33. The summed E-state index contributed by atoms with van der Waals surface area (Å²) in [5, 5.41) is 33.8. The van der Waals surface area contributed by atoms with Gasteiger partial charge in [-0.1, -0.05) is 13.8 Å². The van der Waals surface area contributed by atoms with Crippen LogP contribution in [0, 0.1) is 0 Å². The van der Waals surface area contributed by atoms with Gasteiger partial charge in [-0.3, -0.25) is 14.4 Å². The number of carbonyl (C=O) groups excluding carboxylic acids is 1. The lowest BCUT2D eigenvalue weighted by molar-refractivity contribution is -0.170. The molecule has 152 valence electrons. The summed E-state index contributed by atoms with van der Waals surface area (Å²) in [7, 11) is 0. The maximum absolute atomic E-state index is 10.6. The second-order valence-corrected chi connectivity index (χ2v) is 5.75. The van der Waals surface area contributed by atoms with Gasteiger partial charge < -0.3 is 29.9 Å². The third-order valence-electron chi connectivity index (χ3n) is 3.82. The predicted octanol–water partition coefficient (Wildman–Crippen LogP) is 0.394. The number of carboxylic acids is 3. The molecule has 0 unspecified atom stereocenters. The Labute approximate surface area is 156 Å². The predicted molar refractivity (Wildman–Crippen MR) is 94.7 cm³/mol. The normalized spacial score (nSPS) is 10.8. The lowest BCUT2D eigenvalue weighted by atomic mass is 9.96. The van der Waals surface area contributed by atoms with Crippen LogP contribution in [0.2, 0.25) is 0 Å². The fourth-order valence-corrected chi connectivity index (χ4v) is 2.24. The van der Waals surface area contributed by atoms with Crippen LogP contribution in [0.15, 0.2) is 18.3 Å².